The Labute approximate surface area is 269 Å². The van der Waals surface area contributed by atoms with Crippen molar-refractivity contribution in [3.8, 4) is 11.3 Å². The number of urea groups is 1. The lowest BCUT2D eigenvalue weighted by atomic mass is 9.84. The molecule has 45 heavy (non-hydrogen) atoms. The highest BCUT2D eigenvalue weighted by molar-refractivity contribution is 5.75. The maximum atomic E-state index is 14.8. The van der Waals surface area contributed by atoms with E-state index in [0.29, 0.717) is 32.2 Å². The number of aromatic nitrogens is 2. The molecule has 3 fully saturated rings. The molecule has 3 aliphatic heterocycles. The second-order valence-corrected chi connectivity index (χ2v) is 14.5. The molecule has 4 heterocycles. The minimum absolute atomic E-state index is 0.0316. The number of carbonyl (C=O) groups is 1. The van der Waals surface area contributed by atoms with E-state index in [1.807, 2.05) is 24.3 Å². The van der Waals surface area contributed by atoms with E-state index in [1.165, 1.54) is 37.9 Å². The second kappa shape index (κ2) is 14.1. The standard InChI is InChI=1S/C37H52N6O2/c1-37(2,3)34(35-39-32(29-15-9-5-10-16-29)27-42(35)25-28-13-7-4-8-14-28)43(26-30-23-38-24-33(30)44)36(45)41-21-17-31(18-22-41)40-19-11-6-12-20-40/h4-5,7-10,13-16,27,30-31,33-34,38,44H,6,11-12,17-26H2,1-3H3/t30-,33+,34-/m0/s1. The fourth-order valence-corrected chi connectivity index (χ4v) is 7.64. The lowest BCUT2D eigenvalue weighted by Crippen LogP contribution is -2.55. The first-order valence-corrected chi connectivity index (χ1v) is 17.1. The third kappa shape index (κ3) is 7.45. The fourth-order valence-electron chi connectivity index (χ4n) is 7.64. The molecular weight excluding hydrogens is 560 g/mol. The van der Waals surface area contributed by atoms with Crippen LogP contribution in [-0.4, -0.2) is 93.3 Å². The lowest BCUT2D eigenvalue weighted by Gasteiger charge is -2.45. The molecule has 3 aliphatic rings. The summed E-state index contributed by atoms with van der Waals surface area (Å²) in [6.07, 6.45) is 7.63. The first kappa shape index (κ1) is 31.8. The molecule has 242 valence electrons. The molecule has 1 aromatic heterocycles. The molecule has 3 atom stereocenters. The Morgan fingerprint density at radius 1 is 0.956 bits per heavy atom. The maximum absolute atomic E-state index is 14.8. The van der Waals surface area contributed by atoms with Gasteiger partial charge in [-0.3, -0.25) is 0 Å². The van der Waals surface area contributed by atoms with Crippen LogP contribution >= 0.6 is 0 Å². The Morgan fingerprint density at radius 3 is 2.24 bits per heavy atom. The summed E-state index contributed by atoms with van der Waals surface area (Å²) < 4.78 is 2.25. The Hall–Kier alpha value is -3.20. The molecule has 0 unspecified atom stereocenters. The number of piperidine rings is 2. The first-order valence-electron chi connectivity index (χ1n) is 17.1. The van der Waals surface area contributed by atoms with Crippen molar-refractivity contribution >= 4 is 6.03 Å². The predicted octanol–water partition coefficient (Wildman–Crippen LogP) is 5.64. The van der Waals surface area contributed by atoms with Gasteiger partial charge in [-0.05, 0) is 49.8 Å². The molecular formula is C37H52N6O2. The maximum Gasteiger partial charge on any atom is 0.320 e. The van der Waals surface area contributed by atoms with Crippen LogP contribution in [0.1, 0.15) is 70.3 Å². The molecule has 0 saturated carbocycles. The fraction of sp³-hybridized carbons (Fsp3) is 0.568. The normalized spacial score (nSPS) is 22.4. The van der Waals surface area contributed by atoms with E-state index in [0.717, 1.165) is 43.0 Å². The number of hydrogen-bond acceptors (Lipinski definition) is 5. The number of amides is 2. The third-order valence-corrected chi connectivity index (χ3v) is 10.1. The smallest absolute Gasteiger partial charge is 0.320 e. The van der Waals surface area contributed by atoms with Crippen molar-refractivity contribution in [1.82, 2.24) is 29.6 Å². The molecule has 3 aromatic rings. The van der Waals surface area contributed by atoms with Crippen molar-refractivity contribution in [2.45, 2.75) is 77.6 Å². The van der Waals surface area contributed by atoms with Crippen molar-refractivity contribution in [3.05, 3.63) is 78.2 Å². The Morgan fingerprint density at radius 2 is 1.62 bits per heavy atom. The number of aliphatic hydroxyl groups is 1. The van der Waals surface area contributed by atoms with Gasteiger partial charge in [0.25, 0.3) is 0 Å². The van der Waals surface area contributed by atoms with Gasteiger partial charge in [0.2, 0.25) is 0 Å². The zero-order valence-electron chi connectivity index (χ0n) is 27.4. The molecule has 0 spiro atoms. The molecule has 2 N–H and O–H groups in total. The predicted molar refractivity (Wildman–Crippen MR) is 180 cm³/mol. The van der Waals surface area contributed by atoms with Gasteiger partial charge in [0, 0.05) is 63.0 Å². The first-order chi connectivity index (χ1) is 21.8. The summed E-state index contributed by atoms with van der Waals surface area (Å²) in [5.41, 5.74) is 2.85. The summed E-state index contributed by atoms with van der Waals surface area (Å²) in [5, 5.41) is 14.3. The van der Waals surface area contributed by atoms with E-state index in [9.17, 15) is 9.90 Å². The largest absolute Gasteiger partial charge is 0.391 e. The van der Waals surface area contributed by atoms with Crippen molar-refractivity contribution in [2.24, 2.45) is 11.3 Å². The number of hydrogen-bond donors (Lipinski definition) is 2. The highest BCUT2D eigenvalue weighted by Crippen LogP contribution is 2.40. The van der Waals surface area contributed by atoms with Gasteiger partial charge in [-0.2, -0.15) is 0 Å². The van der Waals surface area contributed by atoms with Crippen LogP contribution in [0.5, 0.6) is 0 Å². The quantitative estimate of drug-likeness (QED) is 0.345. The van der Waals surface area contributed by atoms with Gasteiger partial charge >= 0.3 is 6.03 Å². The van der Waals surface area contributed by atoms with Gasteiger partial charge in [-0.1, -0.05) is 87.9 Å². The average Bonchev–Trinajstić information content (AvgIpc) is 3.66. The van der Waals surface area contributed by atoms with Crippen LogP contribution in [0.25, 0.3) is 11.3 Å². The molecule has 0 bridgehead atoms. The van der Waals surface area contributed by atoms with Crippen LogP contribution in [0.2, 0.25) is 0 Å². The summed E-state index contributed by atoms with van der Waals surface area (Å²) in [7, 11) is 0. The van der Waals surface area contributed by atoms with Gasteiger partial charge in [0.15, 0.2) is 0 Å². The monoisotopic (exact) mass is 612 g/mol. The number of rotatable bonds is 8. The van der Waals surface area contributed by atoms with Crippen molar-refractivity contribution in [3.63, 3.8) is 0 Å². The molecule has 0 aliphatic carbocycles. The van der Waals surface area contributed by atoms with E-state index < -0.39 is 6.10 Å². The van der Waals surface area contributed by atoms with Crippen molar-refractivity contribution < 1.29 is 9.90 Å². The van der Waals surface area contributed by atoms with E-state index in [2.05, 4.69) is 87.9 Å². The molecule has 6 rings (SSSR count). The highest BCUT2D eigenvalue weighted by Gasteiger charge is 2.43. The Bertz CT molecular complexity index is 1370. The summed E-state index contributed by atoms with van der Waals surface area (Å²) in [4.78, 5) is 26.9. The number of benzene rings is 2. The highest BCUT2D eigenvalue weighted by atomic mass is 16.3. The Kier molecular flexibility index (Phi) is 9.93. The van der Waals surface area contributed by atoms with E-state index >= 15 is 0 Å². The van der Waals surface area contributed by atoms with Gasteiger partial charge in [0.05, 0.1) is 17.8 Å². The van der Waals surface area contributed by atoms with E-state index in [4.69, 9.17) is 4.98 Å². The van der Waals surface area contributed by atoms with E-state index in [1.54, 1.807) is 0 Å². The summed E-state index contributed by atoms with van der Waals surface area (Å²) in [6, 6.07) is 21.1. The van der Waals surface area contributed by atoms with Crippen LogP contribution in [0.4, 0.5) is 4.79 Å². The number of nitrogens with one attached hydrogen (secondary N) is 1. The zero-order valence-corrected chi connectivity index (χ0v) is 27.4. The average molecular weight is 613 g/mol. The summed E-state index contributed by atoms with van der Waals surface area (Å²) in [5.74, 6) is 0.859. The van der Waals surface area contributed by atoms with Crippen LogP contribution in [0, 0.1) is 11.3 Å². The van der Waals surface area contributed by atoms with Gasteiger partial charge in [-0.25, -0.2) is 9.78 Å². The molecule has 2 aromatic carbocycles. The number of likely N-dealkylation sites (tertiary alicyclic amines) is 2. The van der Waals surface area contributed by atoms with Crippen LogP contribution in [0.15, 0.2) is 66.9 Å². The number of nitrogens with zero attached hydrogens (tertiary/aromatic N) is 5. The minimum atomic E-state index is -0.477. The molecule has 8 heteroatoms. The lowest BCUT2D eigenvalue weighted by molar-refractivity contribution is 0.0427. The van der Waals surface area contributed by atoms with Gasteiger partial charge < -0.3 is 29.7 Å². The number of imidazole rings is 1. The summed E-state index contributed by atoms with van der Waals surface area (Å²) >= 11 is 0. The van der Waals surface area contributed by atoms with Crippen LogP contribution in [0.3, 0.4) is 0 Å². The molecule has 2 amide bonds. The SMILES string of the molecule is CC(C)(C)[C@H](c1nc(-c2ccccc2)cn1Cc1ccccc1)N(C[C@@H]1CNC[C@H]1O)C(=O)N1CCC(N2CCCCC2)CC1. The van der Waals surface area contributed by atoms with Crippen LogP contribution in [-0.2, 0) is 6.54 Å². The second-order valence-electron chi connectivity index (χ2n) is 14.5. The number of β-amino-alcohol motifs (C(OH)–C–C–N with tert-alkyl or cyclic N) is 1. The number of carbonyl (C=O) groups excluding carboxylic acids is 1. The summed E-state index contributed by atoms with van der Waals surface area (Å²) in [6.45, 7) is 13.0. The van der Waals surface area contributed by atoms with Gasteiger partial charge in [0.1, 0.15) is 5.82 Å². The topological polar surface area (TPSA) is 76.9 Å². The molecule has 0 radical (unpaired) electrons. The third-order valence-electron chi connectivity index (χ3n) is 10.1. The van der Waals surface area contributed by atoms with Gasteiger partial charge in [-0.15, -0.1) is 0 Å². The van der Waals surface area contributed by atoms with Crippen LogP contribution < -0.4 is 5.32 Å². The molecule has 3 saturated heterocycles. The van der Waals surface area contributed by atoms with E-state index in [-0.39, 0.29) is 23.4 Å². The Balaban J connectivity index is 1.35. The number of aliphatic hydroxyl groups excluding tert-OH is 1. The molecule has 8 nitrogen and oxygen atoms in total. The van der Waals surface area contributed by atoms with Crippen molar-refractivity contribution in [2.75, 3.05) is 45.8 Å². The minimum Gasteiger partial charge on any atom is -0.391 e. The van der Waals surface area contributed by atoms with Crippen molar-refractivity contribution in [1.29, 1.82) is 0 Å². The zero-order chi connectivity index (χ0) is 31.4.